The molecule has 5 aromatic rings. The number of aromatic hydroxyl groups is 2. The van der Waals surface area contributed by atoms with Crippen molar-refractivity contribution < 1.29 is 10.2 Å². The van der Waals surface area contributed by atoms with Crippen molar-refractivity contribution >= 4 is 0 Å². The zero-order valence-corrected chi connectivity index (χ0v) is 23.6. The lowest BCUT2D eigenvalue weighted by Crippen LogP contribution is -2.02. The van der Waals surface area contributed by atoms with Gasteiger partial charge < -0.3 is 10.2 Å². The molecule has 39 heavy (non-hydrogen) atoms. The van der Waals surface area contributed by atoms with Gasteiger partial charge in [-0.1, -0.05) is 105 Å². The summed E-state index contributed by atoms with van der Waals surface area (Å²) in [6, 6.07) is 29.2. The first-order chi connectivity index (χ1) is 18.9. The number of benzene rings is 4. The smallest absolute Gasteiger partial charge is 0.167 e. The van der Waals surface area contributed by atoms with Crippen molar-refractivity contribution in [3.05, 3.63) is 113 Å². The molecular weight excluding hydrogens is 482 g/mol. The average Bonchev–Trinajstić information content (AvgIpc) is 2.95. The van der Waals surface area contributed by atoms with E-state index in [9.17, 15) is 10.2 Å². The molecule has 1 heterocycles. The van der Waals surface area contributed by atoms with Crippen LogP contribution in [0.2, 0.25) is 0 Å². The standard InChI is InChI=1S/C26H25N3O2.C6H6.C2H6/c1-5-18-13-21(23(31)14-22(18)30)26-28-24(19-9-7-6-8-16(19)3)27-25(29-26)20-11-10-15(2)12-17(20)4;1-2-4-6-5-3-1;1-2/h6-14,30-31H,5H2,1-4H3;1-6H;1-2H3. The summed E-state index contributed by atoms with van der Waals surface area (Å²) >= 11 is 0. The molecule has 0 amide bonds. The summed E-state index contributed by atoms with van der Waals surface area (Å²) in [5.41, 5.74) is 6.30. The van der Waals surface area contributed by atoms with Crippen LogP contribution in [0.15, 0.2) is 91.0 Å². The van der Waals surface area contributed by atoms with Gasteiger partial charge in [0.15, 0.2) is 17.5 Å². The second-order valence-corrected chi connectivity index (χ2v) is 8.95. The molecule has 5 heteroatoms. The molecule has 0 aliphatic heterocycles. The van der Waals surface area contributed by atoms with E-state index in [1.165, 1.54) is 11.6 Å². The third kappa shape index (κ3) is 7.29. The number of nitrogens with zero attached hydrogens (tertiary/aromatic N) is 3. The van der Waals surface area contributed by atoms with Gasteiger partial charge in [-0.25, -0.2) is 15.0 Å². The Kier molecular flexibility index (Phi) is 10.3. The zero-order chi connectivity index (χ0) is 28.4. The number of rotatable bonds is 4. The van der Waals surface area contributed by atoms with E-state index in [0.29, 0.717) is 29.5 Å². The molecule has 5 nitrogen and oxygen atoms in total. The minimum atomic E-state index is -0.0665. The first-order valence-electron chi connectivity index (χ1n) is 13.3. The van der Waals surface area contributed by atoms with Crippen LogP contribution in [-0.2, 0) is 6.42 Å². The van der Waals surface area contributed by atoms with Crippen molar-refractivity contribution in [1.29, 1.82) is 0 Å². The highest BCUT2D eigenvalue weighted by Crippen LogP contribution is 2.35. The fourth-order valence-corrected chi connectivity index (χ4v) is 4.09. The summed E-state index contributed by atoms with van der Waals surface area (Å²) in [5, 5.41) is 20.7. The Bertz CT molecular complexity index is 1490. The van der Waals surface area contributed by atoms with Gasteiger partial charge >= 0.3 is 0 Å². The SMILES string of the molecule is CC.CCc1cc(-c2nc(-c3ccccc3C)nc(-c3ccc(C)cc3C)n2)c(O)cc1O.c1ccccc1. The van der Waals surface area contributed by atoms with E-state index in [4.69, 9.17) is 15.0 Å². The normalized spacial score (nSPS) is 10.1. The molecule has 0 aliphatic rings. The number of hydrogen-bond donors (Lipinski definition) is 2. The number of aromatic nitrogens is 3. The van der Waals surface area contributed by atoms with E-state index >= 15 is 0 Å². The molecule has 0 bridgehead atoms. The van der Waals surface area contributed by atoms with E-state index in [1.54, 1.807) is 6.07 Å². The van der Waals surface area contributed by atoms with Crippen LogP contribution in [0.25, 0.3) is 34.2 Å². The Morgan fingerprint density at radius 2 is 1.05 bits per heavy atom. The lowest BCUT2D eigenvalue weighted by molar-refractivity contribution is 0.447. The maximum Gasteiger partial charge on any atom is 0.167 e. The highest BCUT2D eigenvalue weighted by atomic mass is 16.3. The van der Waals surface area contributed by atoms with E-state index in [1.807, 2.05) is 107 Å². The van der Waals surface area contributed by atoms with Crippen LogP contribution >= 0.6 is 0 Å². The van der Waals surface area contributed by atoms with Crippen LogP contribution in [0.1, 0.15) is 43.0 Å². The van der Waals surface area contributed by atoms with Gasteiger partial charge in [-0.05, 0) is 49.9 Å². The van der Waals surface area contributed by atoms with E-state index in [0.717, 1.165) is 27.8 Å². The van der Waals surface area contributed by atoms with E-state index in [2.05, 4.69) is 13.0 Å². The molecule has 1 aromatic heterocycles. The van der Waals surface area contributed by atoms with Crippen LogP contribution in [0, 0.1) is 20.8 Å². The molecule has 0 unspecified atom stereocenters. The van der Waals surface area contributed by atoms with Crippen molar-refractivity contribution in [2.24, 2.45) is 0 Å². The second-order valence-electron chi connectivity index (χ2n) is 8.95. The minimum absolute atomic E-state index is 0.0616. The first kappa shape index (κ1) is 29.1. The Morgan fingerprint density at radius 3 is 1.56 bits per heavy atom. The predicted molar refractivity (Wildman–Crippen MR) is 161 cm³/mol. The fourth-order valence-electron chi connectivity index (χ4n) is 4.09. The average molecular weight is 520 g/mol. The summed E-state index contributed by atoms with van der Waals surface area (Å²) in [4.78, 5) is 14.2. The van der Waals surface area contributed by atoms with Crippen LogP contribution in [0.3, 0.4) is 0 Å². The van der Waals surface area contributed by atoms with Crippen LogP contribution in [-0.4, -0.2) is 25.2 Å². The maximum absolute atomic E-state index is 10.6. The van der Waals surface area contributed by atoms with Crippen LogP contribution in [0.4, 0.5) is 0 Å². The summed E-state index contributed by atoms with van der Waals surface area (Å²) in [6.07, 6.45) is 0.624. The van der Waals surface area contributed by atoms with Crippen LogP contribution in [0.5, 0.6) is 11.5 Å². The minimum Gasteiger partial charge on any atom is -0.508 e. The van der Waals surface area contributed by atoms with Crippen molar-refractivity contribution in [1.82, 2.24) is 15.0 Å². The van der Waals surface area contributed by atoms with E-state index in [-0.39, 0.29) is 11.5 Å². The molecule has 0 spiro atoms. The molecule has 2 N–H and O–H groups in total. The molecule has 5 rings (SSSR count). The molecule has 0 saturated carbocycles. The lowest BCUT2D eigenvalue weighted by atomic mass is 10.0. The topological polar surface area (TPSA) is 79.1 Å². The van der Waals surface area contributed by atoms with Gasteiger partial charge in [0.25, 0.3) is 0 Å². The Labute approximate surface area is 231 Å². The predicted octanol–water partition coefficient (Wildman–Crippen LogP) is 8.48. The highest BCUT2D eigenvalue weighted by molar-refractivity contribution is 5.73. The van der Waals surface area contributed by atoms with Gasteiger partial charge in [-0.2, -0.15) is 0 Å². The van der Waals surface area contributed by atoms with Gasteiger partial charge in [0.05, 0.1) is 5.56 Å². The van der Waals surface area contributed by atoms with Gasteiger partial charge in [0.1, 0.15) is 11.5 Å². The maximum atomic E-state index is 10.6. The van der Waals surface area contributed by atoms with Crippen LogP contribution < -0.4 is 0 Å². The Balaban J connectivity index is 0.000000457. The first-order valence-corrected chi connectivity index (χ1v) is 13.3. The monoisotopic (exact) mass is 519 g/mol. The molecule has 4 aromatic carbocycles. The molecule has 0 atom stereocenters. The quantitative estimate of drug-likeness (QED) is 0.249. The number of phenolic OH excluding ortho intramolecular Hbond substituents is 2. The van der Waals surface area contributed by atoms with Crippen molar-refractivity contribution in [2.75, 3.05) is 0 Å². The zero-order valence-electron chi connectivity index (χ0n) is 23.6. The Hall–Kier alpha value is -4.51. The molecule has 0 saturated heterocycles. The molecule has 0 radical (unpaired) electrons. The van der Waals surface area contributed by atoms with Gasteiger partial charge in [0.2, 0.25) is 0 Å². The van der Waals surface area contributed by atoms with Gasteiger partial charge in [-0.3, -0.25) is 0 Å². The lowest BCUT2D eigenvalue weighted by Gasteiger charge is -2.13. The van der Waals surface area contributed by atoms with Crippen molar-refractivity contribution in [2.45, 2.75) is 48.0 Å². The Morgan fingerprint density at radius 1 is 0.538 bits per heavy atom. The summed E-state index contributed by atoms with van der Waals surface area (Å²) in [7, 11) is 0. The third-order valence-corrected chi connectivity index (χ3v) is 6.13. The van der Waals surface area contributed by atoms with Gasteiger partial charge in [-0.15, -0.1) is 0 Å². The van der Waals surface area contributed by atoms with Crippen molar-refractivity contribution in [3.8, 4) is 45.7 Å². The highest BCUT2D eigenvalue weighted by Gasteiger charge is 2.18. The molecule has 200 valence electrons. The number of phenols is 2. The fraction of sp³-hybridized carbons (Fsp3) is 0.206. The van der Waals surface area contributed by atoms with Crippen molar-refractivity contribution in [3.63, 3.8) is 0 Å². The largest absolute Gasteiger partial charge is 0.508 e. The summed E-state index contributed by atoms with van der Waals surface area (Å²) in [5.74, 6) is 1.46. The second kappa shape index (κ2) is 13.9. The molecule has 0 fully saturated rings. The van der Waals surface area contributed by atoms with E-state index < -0.39 is 0 Å². The summed E-state index contributed by atoms with van der Waals surface area (Å²) < 4.78 is 0. The molecular formula is C34H37N3O2. The number of hydrogen-bond acceptors (Lipinski definition) is 5. The summed E-state index contributed by atoms with van der Waals surface area (Å²) in [6.45, 7) is 12.0. The number of aryl methyl sites for hydroxylation is 4. The van der Waals surface area contributed by atoms with Gasteiger partial charge in [0, 0.05) is 17.2 Å². The molecule has 0 aliphatic carbocycles. The third-order valence-electron chi connectivity index (χ3n) is 6.13.